The van der Waals surface area contributed by atoms with Crippen LogP contribution < -0.4 is 0 Å². The second-order valence-electron chi connectivity index (χ2n) is 8.98. The van der Waals surface area contributed by atoms with Gasteiger partial charge in [-0.2, -0.15) is 0 Å². The van der Waals surface area contributed by atoms with Gasteiger partial charge in [0.2, 0.25) is 6.29 Å². The average molecular weight is 402 g/mol. The first-order chi connectivity index (χ1) is 13.9. The molecule has 4 aliphatic rings. The molecule has 0 unspecified atom stereocenters. The van der Waals surface area contributed by atoms with Gasteiger partial charge in [-0.3, -0.25) is 4.79 Å². The number of furan rings is 1. The van der Waals surface area contributed by atoms with E-state index < -0.39 is 29.2 Å². The third kappa shape index (κ3) is 2.50. The summed E-state index contributed by atoms with van der Waals surface area (Å²) in [6, 6.07) is 1.85. The summed E-state index contributed by atoms with van der Waals surface area (Å²) in [7, 11) is 0. The first-order valence-corrected chi connectivity index (χ1v) is 10.3. The van der Waals surface area contributed by atoms with Gasteiger partial charge in [0, 0.05) is 28.9 Å². The summed E-state index contributed by atoms with van der Waals surface area (Å²) in [5.74, 6) is -0.884. The van der Waals surface area contributed by atoms with Crippen LogP contribution in [0.4, 0.5) is 0 Å². The molecule has 1 aromatic heterocycles. The SMILES string of the molecule is CC(=O)O[C@H]1O[C@@H](c2ccoc2)C[C@]12[C@@H]1CCC=C3C(=O)OC[C@@]31C[C@H](O)[C@@H]2C. The molecule has 2 aliphatic carbocycles. The average Bonchev–Trinajstić information content (AvgIpc) is 3.39. The molecule has 3 fully saturated rings. The Balaban J connectivity index is 1.64. The minimum atomic E-state index is -0.804. The number of allylic oxidation sites excluding steroid dienone is 1. The Morgan fingerprint density at radius 2 is 2.17 bits per heavy atom. The Morgan fingerprint density at radius 3 is 2.90 bits per heavy atom. The van der Waals surface area contributed by atoms with E-state index in [0.717, 1.165) is 18.4 Å². The van der Waals surface area contributed by atoms with Gasteiger partial charge in [-0.05, 0) is 43.6 Å². The van der Waals surface area contributed by atoms with E-state index in [9.17, 15) is 14.7 Å². The number of hydrogen-bond acceptors (Lipinski definition) is 7. The van der Waals surface area contributed by atoms with Crippen LogP contribution in [0.1, 0.15) is 51.2 Å². The lowest BCUT2D eigenvalue weighted by Crippen LogP contribution is -2.61. The number of fused-ring (bicyclic) bond motifs is 1. The van der Waals surface area contributed by atoms with Crippen molar-refractivity contribution in [2.45, 2.75) is 58.0 Å². The molecule has 1 aromatic rings. The van der Waals surface area contributed by atoms with Crippen molar-refractivity contribution in [3.05, 3.63) is 35.8 Å². The molecule has 0 amide bonds. The van der Waals surface area contributed by atoms with Gasteiger partial charge in [-0.25, -0.2) is 4.79 Å². The Bertz CT molecular complexity index is 859. The number of carbonyl (C=O) groups excluding carboxylic acids is 2. The Labute approximate surface area is 169 Å². The maximum absolute atomic E-state index is 12.5. The molecule has 1 N–H and O–H groups in total. The van der Waals surface area contributed by atoms with Crippen LogP contribution in [0.5, 0.6) is 0 Å². The normalized spacial score (nSPS) is 43.5. The molecule has 0 bridgehead atoms. The van der Waals surface area contributed by atoms with Crippen LogP contribution in [0.3, 0.4) is 0 Å². The van der Waals surface area contributed by atoms with Crippen LogP contribution in [0.15, 0.2) is 34.7 Å². The second-order valence-corrected chi connectivity index (χ2v) is 8.98. The van der Waals surface area contributed by atoms with Crippen molar-refractivity contribution in [2.24, 2.45) is 22.7 Å². The van der Waals surface area contributed by atoms with Crippen molar-refractivity contribution in [1.29, 1.82) is 0 Å². The molecule has 3 heterocycles. The highest BCUT2D eigenvalue weighted by molar-refractivity contribution is 5.92. The lowest BCUT2D eigenvalue weighted by atomic mass is 9.45. The predicted octanol–water partition coefficient (Wildman–Crippen LogP) is 2.90. The minimum absolute atomic E-state index is 0.00102. The molecule has 7 heteroatoms. The Kier molecular flexibility index (Phi) is 4.19. The molecule has 156 valence electrons. The fourth-order valence-corrected chi connectivity index (χ4v) is 6.51. The van der Waals surface area contributed by atoms with E-state index in [-0.39, 0.29) is 30.5 Å². The van der Waals surface area contributed by atoms with Gasteiger partial charge >= 0.3 is 11.9 Å². The lowest BCUT2D eigenvalue weighted by molar-refractivity contribution is -0.236. The zero-order valence-electron chi connectivity index (χ0n) is 16.6. The summed E-state index contributed by atoms with van der Waals surface area (Å²) in [5, 5.41) is 11.1. The molecule has 1 saturated carbocycles. The van der Waals surface area contributed by atoms with Gasteiger partial charge in [-0.1, -0.05) is 13.0 Å². The lowest BCUT2D eigenvalue weighted by Gasteiger charge is -2.58. The molecule has 0 radical (unpaired) electrons. The van der Waals surface area contributed by atoms with Gasteiger partial charge in [0.15, 0.2) is 0 Å². The third-order valence-electron chi connectivity index (χ3n) is 7.79. The molecule has 2 spiro atoms. The maximum Gasteiger partial charge on any atom is 0.334 e. The van der Waals surface area contributed by atoms with Crippen LogP contribution in [-0.2, 0) is 23.8 Å². The van der Waals surface area contributed by atoms with Crippen LogP contribution >= 0.6 is 0 Å². The largest absolute Gasteiger partial charge is 0.472 e. The molecule has 0 aromatic carbocycles. The van der Waals surface area contributed by atoms with E-state index in [1.165, 1.54) is 6.92 Å². The molecule has 7 nitrogen and oxygen atoms in total. The number of esters is 2. The van der Waals surface area contributed by atoms with Crippen molar-refractivity contribution in [1.82, 2.24) is 0 Å². The van der Waals surface area contributed by atoms with E-state index in [2.05, 4.69) is 0 Å². The molecule has 5 rings (SSSR count). The quantitative estimate of drug-likeness (QED) is 0.760. The number of ether oxygens (including phenoxy) is 3. The molecule has 7 atom stereocenters. The highest BCUT2D eigenvalue weighted by Gasteiger charge is 2.70. The summed E-state index contributed by atoms with van der Waals surface area (Å²) >= 11 is 0. The fourth-order valence-electron chi connectivity index (χ4n) is 6.51. The number of rotatable bonds is 2. The number of cyclic esters (lactones) is 1. The van der Waals surface area contributed by atoms with E-state index in [0.29, 0.717) is 18.4 Å². The zero-order valence-corrected chi connectivity index (χ0v) is 16.6. The molecule has 2 saturated heterocycles. The Morgan fingerprint density at radius 1 is 1.34 bits per heavy atom. The fraction of sp³-hybridized carbons (Fsp3) is 0.636. The molecular weight excluding hydrogens is 376 g/mol. The Hall–Kier alpha value is -2.12. The summed E-state index contributed by atoms with van der Waals surface area (Å²) in [4.78, 5) is 24.4. The van der Waals surface area contributed by atoms with Gasteiger partial charge in [-0.15, -0.1) is 0 Å². The standard InChI is InChI=1S/C22H26O7/c1-12-16(24)8-21-11-27-19(25)15(21)4-3-5-18(21)22(12)9-17(14-6-7-26-10-14)29-20(22)28-13(2)23/h4,6-7,10,12,16-18,20,24H,3,5,8-9,11H2,1-2H3/t12-,16-,17+,18+,20-,21-,22-/m0/s1. The van der Waals surface area contributed by atoms with Crippen molar-refractivity contribution in [3.8, 4) is 0 Å². The highest BCUT2D eigenvalue weighted by Crippen LogP contribution is 2.68. The molecule has 2 aliphatic heterocycles. The van der Waals surface area contributed by atoms with E-state index in [1.54, 1.807) is 12.5 Å². The van der Waals surface area contributed by atoms with Gasteiger partial charge in [0.1, 0.15) is 6.61 Å². The number of aliphatic hydroxyl groups excluding tert-OH is 1. The van der Waals surface area contributed by atoms with E-state index >= 15 is 0 Å². The summed E-state index contributed by atoms with van der Waals surface area (Å²) in [6.07, 6.45) is 6.06. The second kappa shape index (κ2) is 6.44. The van der Waals surface area contributed by atoms with Crippen LogP contribution in [0, 0.1) is 22.7 Å². The number of hydrogen-bond donors (Lipinski definition) is 1. The first-order valence-electron chi connectivity index (χ1n) is 10.3. The topological polar surface area (TPSA) is 95.2 Å². The highest BCUT2D eigenvalue weighted by atomic mass is 16.7. The van der Waals surface area contributed by atoms with E-state index in [1.807, 2.05) is 19.1 Å². The molecule has 29 heavy (non-hydrogen) atoms. The van der Waals surface area contributed by atoms with Crippen molar-refractivity contribution < 1.29 is 33.3 Å². The van der Waals surface area contributed by atoms with Crippen LogP contribution in [-0.4, -0.2) is 36.0 Å². The number of aliphatic hydroxyl groups is 1. The summed E-state index contributed by atoms with van der Waals surface area (Å²) in [5.41, 5.74) is 0.366. The third-order valence-corrected chi connectivity index (χ3v) is 7.79. The first kappa shape index (κ1) is 18.9. The smallest absolute Gasteiger partial charge is 0.334 e. The van der Waals surface area contributed by atoms with E-state index in [4.69, 9.17) is 18.6 Å². The monoisotopic (exact) mass is 402 g/mol. The van der Waals surface area contributed by atoms with Crippen molar-refractivity contribution >= 4 is 11.9 Å². The van der Waals surface area contributed by atoms with Gasteiger partial charge < -0.3 is 23.7 Å². The predicted molar refractivity (Wildman–Crippen MR) is 99.1 cm³/mol. The minimum Gasteiger partial charge on any atom is -0.472 e. The van der Waals surface area contributed by atoms with Crippen LogP contribution in [0.2, 0.25) is 0 Å². The summed E-state index contributed by atoms with van der Waals surface area (Å²) in [6.45, 7) is 3.64. The summed E-state index contributed by atoms with van der Waals surface area (Å²) < 4.78 is 22.7. The van der Waals surface area contributed by atoms with Gasteiger partial charge in [0.05, 0.1) is 24.7 Å². The van der Waals surface area contributed by atoms with Crippen molar-refractivity contribution in [3.63, 3.8) is 0 Å². The number of carbonyl (C=O) groups is 2. The maximum atomic E-state index is 12.5. The van der Waals surface area contributed by atoms with Crippen LogP contribution in [0.25, 0.3) is 0 Å². The molecular formula is C22H26O7. The zero-order chi connectivity index (χ0) is 20.4. The van der Waals surface area contributed by atoms with Gasteiger partial charge in [0.25, 0.3) is 0 Å². The van der Waals surface area contributed by atoms with Crippen molar-refractivity contribution in [2.75, 3.05) is 6.61 Å².